The molecule has 4 heteroatoms. The van der Waals surface area contributed by atoms with Crippen LogP contribution in [0.5, 0.6) is 5.75 Å². The summed E-state index contributed by atoms with van der Waals surface area (Å²) in [5, 5.41) is 0. The zero-order valence-electron chi connectivity index (χ0n) is 14.9. The van der Waals surface area contributed by atoms with Gasteiger partial charge in [-0.1, -0.05) is 49.4 Å². The van der Waals surface area contributed by atoms with E-state index < -0.39 is 0 Å². The van der Waals surface area contributed by atoms with E-state index in [0.717, 1.165) is 44.9 Å². The van der Waals surface area contributed by atoms with Crippen LogP contribution in [0.4, 0.5) is 0 Å². The molecular formula is C21H26N2O2. The lowest BCUT2D eigenvalue weighted by Gasteiger charge is -2.34. The predicted octanol–water partition coefficient (Wildman–Crippen LogP) is 2.97. The summed E-state index contributed by atoms with van der Waals surface area (Å²) >= 11 is 0. The van der Waals surface area contributed by atoms with Crippen LogP contribution >= 0.6 is 0 Å². The first-order valence-electron chi connectivity index (χ1n) is 9.00. The van der Waals surface area contributed by atoms with Gasteiger partial charge in [0.1, 0.15) is 5.75 Å². The van der Waals surface area contributed by atoms with E-state index in [1.54, 1.807) is 0 Å². The molecule has 1 aliphatic heterocycles. The second kappa shape index (κ2) is 8.67. The lowest BCUT2D eigenvalue weighted by Crippen LogP contribution is -2.49. The summed E-state index contributed by atoms with van der Waals surface area (Å²) in [7, 11) is 0. The highest BCUT2D eigenvalue weighted by Crippen LogP contribution is 2.12. The second-order valence-electron chi connectivity index (χ2n) is 6.43. The minimum atomic E-state index is 0.0656. The average Bonchev–Trinajstić information content (AvgIpc) is 2.68. The van der Waals surface area contributed by atoms with E-state index in [1.165, 1.54) is 11.1 Å². The summed E-state index contributed by atoms with van der Waals surface area (Å²) in [6.07, 6.45) is 1.08. The summed E-state index contributed by atoms with van der Waals surface area (Å²) in [6, 6.07) is 18.3. The number of hydrogen-bond donors (Lipinski definition) is 0. The molecule has 0 N–H and O–H groups in total. The van der Waals surface area contributed by atoms with Gasteiger partial charge in [-0.2, -0.15) is 0 Å². The van der Waals surface area contributed by atoms with Gasteiger partial charge in [0.05, 0.1) is 0 Å². The lowest BCUT2D eigenvalue weighted by molar-refractivity contribution is -0.135. The van der Waals surface area contributed by atoms with Crippen molar-refractivity contribution >= 4 is 5.91 Å². The Bertz CT molecular complexity index is 662. The molecular weight excluding hydrogens is 312 g/mol. The van der Waals surface area contributed by atoms with Crippen LogP contribution in [0.25, 0.3) is 0 Å². The standard InChI is InChI=1S/C21H26N2O2/c1-2-18-8-10-19(11-9-18)16-22-12-14-23(15-13-22)21(24)17-25-20-6-4-3-5-7-20/h3-11H,2,12-17H2,1H3. The SMILES string of the molecule is CCc1ccc(CN2CCN(C(=O)COc3ccccc3)CC2)cc1. The van der Waals surface area contributed by atoms with E-state index in [9.17, 15) is 4.79 Å². The normalized spacial score (nSPS) is 15.2. The number of ether oxygens (including phenoxy) is 1. The molecule has 0 aliphatic carbocycles. The van der Waals surface area contributed by atoms with Crippen molar-refractivity contribution in [1.82, 2.24) is 9.80 Å². The average molecular weight is 338 g/mol. The molecule has 0 saturated carbocycles. The van der Waals surface area contributed by atoms with Gasteiger partial charge in [-0.15, -0.1) is 0 Å². The maximum absolute atomic E-state index is 12.3. The Kier molecular flexibility index (Phi) is 6.07. The molecule has 0 aromatic heterocycles. The van der Waals surface area contributed by atoms with E-state index in [2.05, 4.69) is 36.1 Å². The fourth-order valence-electron chi connectivity index (χ4n) is 3.05. The van der Waals surface area contributed by atoms with Crippen molar-refractivity contribution in [2.45, 2.75) is 19.9 Å². The molecule has 1 amide bonds. The Morgan fingerprint density at radius 1 is 0.920 bits per heavy atom. The third kappa shape index (κ3) is 5.07. The molecule has 1 heterocycles. The maximum atomic E-state index is 12.3. The molecule has 0 spiro atoms. The van der Waals surface area contributed by atoms with Gasteiger partial charge < -0.3 is 9.64 Å². The van der Waals surface area contributed by atoms with Crippen molar-refractivity contribution in [3.63, 3.8) is 0 Å². The highest BCUT2D eigenvalue weighted by atomic mass is 16.5. The van der Waals surface area contributed by atoms with Crippen LogP contribution in [-0.4, -0.2) is 48.5 Å². The molecule has 25 heavy (non-hydrogen) atoms. The first-order valence-corrected chi connectivity index (χ1v) is 9.00. The largest absolute Gasteiger partial charge is 0.484 e. The van der Waals surface area contributed by atoms with Gasteiger partial charge >= 0.3 is 0 Å². The molecule has 1 aliphatic rings. The van der Waals surface area contributed by atoms with Crippen LogP contribution in [0.1, 0.15) is 18.1 Å². The Morgan fingerprint density at radius 3 is 2.20 bits per heavy atom. The monoisotopic (exact) mass is 338 g/mol. The van der Waals surface area contributed by atoms with E-state index in [4.69, 9.17) is 4.74 Å². The molecule has 2 aromatic carbocycles. The smallest absolute Gasteiger partial charge is 0.260 e. The Morgan fingerprint density at radius 2 is 1.56 bits per heavy atom. The summed E-state index contributed by atoms with van der Waals surface area (Å²) in [5.74, 6) is 0.806. The van der Waals surface area contributed by atoms with Crippen LogP contribution in [-0.2, 0) is 17.8 Å². The quantitative estimate of drug-likeness (QED) is 0.812. The van der Waals surface area contributed by atoms with Crippen LogP contribution in [0, 0.1) is 0 Å². The summed E-state index contributed by atoms with van der Waals surface area (Å²) in [4.78, 5) is 16.6. The minimum absolute atomic E-state index is 0.0656. The van der Waals surface area contributed by atoms with E-state index in [0.29, 0.717) is 0 Å². The number of amides is 1. The van der Waals surface area contributed by atoms with Crippen LogP contribution < -0.4 is 4.74 Å². The topological polar surface area (TPSA) is 32.8 Å². The van der Waals surface area contributed by atoms with Crippen LogP contribution in [0.15, 0.2) is 54.6 Å². The van der Waals surface area contributed by atoms with Gasteiger partial charge in [-0.05, 0) is 29.7 Å². The molecule has 0 unspecified atom stereocenters. The van der Waals surface area contributed by atoms with Crippen molar-refractivity contribution < 1.29 is 9.53 Å². The fraction of sp³-hybridized carbons (Fsp3) is 0.381. The van der Waals surface area contributed by atoms with Gasteiger partial charge in [-0.3, -0.25) is 9.69 Å². The first kappa shape index (κ1) is 17.5. The second-order valence-corrected chi connectivity index (χ2v) is 6.43. The van der Waals surface area contributed by atoms with Crippen LogP contribution in [0.3, 0.4) is 0 Å². The number of para-hydroxylation sites is 1. The molecule has 4 nitrogen and oxygen atoms in total. The molecule has 2 aromatic rings. The lowest BCUT2D eigenvalue weighted by atomic mass is 10.1. The Hall–Kier alpha value is -2.33. The van der Waals surface area contributed by atoms with Gasteiger partial charge in [0.2, 0.25) is 0 Å². The number of carbonyl (C=O) groups excluding carboxylic acids is 1. The van der Waals surface area contributed by atoms with Crippen LogP contribution in [0.2, 0.25) is 0 Å². The Labute approximate surface area is 150 Å². The van der Waals surface area contributed by atoms with E-state index in [-0.39, 0.29) is 12.5 Å². The molecule has 132 valence electrons. The molecule has 0 atom stereocenters. The molecule has 1 saturated heterocycles. The number of hydrogen-bond acceptors (Lipinski definition) is 3. The molecule has 0 bridgehead atoms. The molecule has 0 radical (unpaired) electrons. The van der Waals surface area contributed by atoms with Crippen molar-refractivity contribution in [3.8, 4) is 5.75 Å². The summed E-state index contributed by atoms with van der Waals surface area (Å²) < 4.78 is 5.56. The van der Waals surface area contributed by atoms with Crippen molar-refractivity contribution in [1.29, 1.82) is 0 Å². The molecule has 3 rings (SSSR count). The molecule has 1 fully saturated rings. The van der Waals surface area contributed by atoms with Gasteiger partial charge in [-0.25, -0.2) is 0 Å². The highest BCUT2D eigenvalue weighted by Gasteiger charge is 2.21. The van der Waals surface area contributed by atoms with Crippen molar-refractivity contribution in [3.05, 3.63) is 65.7 Å². The summed E-state index contributed by atoms with van der Waals surface area (Å²) in [6.45, 7) is 6.59. The van der Waals surface area contributed by atoms with Gasteiger partial charge in [0, 0.05) is 32.7 Å². The van der Waals surface area contributed by atoms with E-state index in [1.807, 2.05) is 35.2 Å². The van der Waals surface area contributed by atoms with Crippen molar-refractivity contribution in [2.24, 2.45) is 0 Å². The maximum Gasteiger partial charge on any atom is 0.260 e. The van der Waals surface area contributed by atoms with Gasteiger partial charge in [0.25, 0.3) is 5.91 Å². The van der Waals surface area contributed by atoms with Gasteiger partial charge in [0.15, 0.2) is 6.61 Å². The number of carbonyl (C=O) groups is 1. The Balaban J connectivity index is 1.42. The first-order chi connectivity index (χ1) is 12.2. The van der Waals surface area contributed by atoms with Crippen molar-refractivity contribution in [2.75, 3.05) is 32.8 Å². The summed E-state index contributed by atoms with van der Waals surface area (Å²) in [5.41, 5.74) is 2.71. The number of piperazine rings is 1. The third-order valence-electron chi connectivity index (χ3n) is 4.67. The van der Waals surface area contributed by atoms with E-state index >= 15 is 0 Å². The fourth-order valence-corrected chi connectivity index (χ4v) is 3.05. The number of nitrogens with zero attached hydrogens (tertiary/aromatic N) is 2. The zero-order chi connectivity index (χ0) is 17.5. The number of rotatable bonds is 6. The predicted molar refractivity (Wildman–Crippen MR) is 99.6 cm³/mol. The minimum Gasteiger partial charge on any atom is -0.484 e. The number of aryl methyl sites for hydroxylation is 1. The zero-order valence-corrected chi connectivity index (χ0v) is 14.9. The highest BCUT2D eigenvalue weighted by molar-refractivity contribution is 5.77. The number of benzene rings is 2. The third-order valence-corrected chi connectivity index (χ3v) is 4.67.